The van der Waals surface area contributed by atoms with Crippen molar-refractivity contribution < 1.29 is 5.11 Å². The van der Waals surface area contributed by atoms with Crippen LogP contribution in [-0.2, 0) is 5.41 Å². The highest BCUT2D eigenvalue weighted by atomic mass is 16.3. The van der Waals surface area contributed by atoms with E-state index in [2.05, 4.69) is 25.2 Å². The summed E-state index contributed by atoms with van der Waals surface area (Å²) in [6.07, 6.45) is 1.14. The first-order valence-electron chi connectivity index (χ1n) is 5.63. The average molecular weight is 205 g/mol. The first-order valence-corrected chi connectivity index (χ1v) is 5.63. The van der Waals surface area contributed by atoms with Crippen LogP contribution in [0.3, 0.4) is 0 Å². The maximum atomic E-state index is 9.53. The average Bonchev–Trinajstić information content (AvgIpc) is 2.23. The third-order valence-electron chi connectivity index (χ3n) is 3.86. The molecule has 1 aromatic carbocycles. The minimum Gasteiger partial charge on any atom is -0.508 e. The van der Waals surface area contributed by atoms with E-state index in [4.69, 9.17) is 0 Å². The van der Waals surface area contributed by atoms with Crippen molar-refractivity contribution in [3.8, 4) is 5.75 Å². The van der Waals surface area contributed by atoms with Gasteiger partial charge >= 0.3 is 0 Å². The van der Waals surface area contributed by atoms with Gasteiger partial charge in [0, 0.05) is 0 Å². The number of nitrogens with one attached hydrogen (secondary N) is 1. The molecule has 1 saturated heterocycles. The zero-order valence-corrected chi connectivity index (χ0v) is 9.46. The van der Waals surface area contributed by atoms with E-state index in [1.807, 2.05) is 12.1 Å². The minimum atomic E-state index is 0.198. The molecule has 0 bridgehead atoms. The summed E-state index contributed by atoms with van der Waals surface area (Å²) in [4.78, 5) is 0. The molecule has 2 rings (SSSR count). The van der Waals surface area contributed by atoms with Gasteiger partial charge in [-0.05, 0) is 48.5 Å². The molecule has 2 N–H and O–H groups in total. The molecule has 0 aromatic heterocycles. The van der Waals surface area contributed by atoms with E-state index in [-0.39, 0.29) is 5.41 Å². The van der Waals surface area contributed by atoms with Crippen molar-refractivity contribution >= 4 is 0 Å². The number of hydrogen-bond donors (Lipinski definition) is 2. The van der Waals surface area contributed by atoms with Crippen LogP contribution in [0.25, 0.3) is 0 Å². The van der Waals surface area contributed by atoms with E-state index in [1.54, 1.807) is 6.07 Å². The molecular formula is C13H19NO. The number of phenols is 1. The summed E-state index contributed by atoms with van der Waals surface area (Å²) in [5.41, 5.74) is 1.46. The maximum absolute atomic E-state index is 9.53. The second kappa shape index (κ2) is 3.86. The number of hydrogen-bond acceptors (Lipinski definition) is 2. The van der Waals surface area contributed by atoms with Crippen LogP contribution < -0.4 is 5.32 Å². The quantitative estimate of drug-likeness (QED) is 0.737. The highest BCUT2D eigenvalue weighted by Crippen LogP contribution is 2.37. The van der Waals surface area contributed by atoms with Crippen molar-refractivity contribution in [3.05, 3.63) is 29.8 Å². The van der Waals surface area contributed by atoms with Gasteiger partial charge in [-0.25, -0.2) is 0 Å². The Bertz CT molecular complexity index is 350. The van der Waals surface area contributed by atoms with Crippen LogP contribution in [0.2, 0.25) is 0 Å². The van der Waals surface area contributed by atoms with Crippen LogP contribution in [0.1, 0.15) is 25.8 Å². The predicted octanol–water partition coefficient (Wildman–Crippen LogP) is 2.28. The normalized spacial score (nSPS) is 31.5. The molecule has 0 saturated carbocycles. The van der Waals surface area contributed by atoms with Crippen molar-refractivity contribution in [2.75, 3.05) is 13.1 Å². The lowest BCUT2D eigenvalue weighted by Gasteiger charge is -2.40. The lowest BCUT2D eigenvalue weighted by atomic mass is 9.68. The largest absolute Gasteiger partial charge is 0.508 e. The fourth-order valence-electron chi connectivity index (χ4n) is 2.43. The van der Waals surface area contributed by atoms with Crippen molar-refractivity contribution in [1.82, 2.24) is 5.32 Å². The Hall–Kier alpha value is -1.02. The number of phenolic OH excluding ortho intramolecular Hbond substituents is 1. The van der Waals surface area contributed by atoms with E-state index < -0.39 is 0 Å². The molecule has 2 nitrogen and oxygen atoms in total. The Morgan fingerprint density at radius 2 is 2.27 bits per heavy atom. The van der Waals surface area contributed by atoms with Gasteiger partial charge in [0.15, 0.2) is 0 Å². The molecule has 2 heteroatoms. The van der Waals surface area contributed by atoms with Crippen LogP contribution in [0, 0.1) is 5.92 Å². The summed E-state index contributed by atoms with van der Waals surface area (Å²) in [5, 5.41) is 12.9. The van der Waals surface area contributed by atoms with Crippen LogP contribution in [-0.4, -0.2) is 18.2 Å². The van der Waals surface area contributed by atoms with Crippen LogP contribution in [0.15, 0.2) is 24.3 Å². The minimum absolute atomic E-state index is 0.198. The van der Waals surface area contributed by atoms with E-state index in [9.17, 15) is 5.11 Å². The fourth-order valence-corrected chi connectivity index (χ4v) is 2.43. The van der Waals surface area contributed by atoms with Gasteiger partial charge in [0.25, 0.3) is 0 Å². The monoisotopic (exact) mass is 205 g/mol. The SMILES string of the molecule is C[C@@H]1CNCC[C@]1(C)c1cccc(O)c1. The standard InChI is InChI=1S/C13H19NO/c1-10-9-14-7-6-13(10,2)11-4-3-5-12(15)8-11/h3-5,8,10,14-15H,6-7,9H2,1-2H3/t10-,13+/m1/s1. The van der Waals surface area contributed by atoms with Gasteiger partial charge < -0.3 is 10.4 Å². The number of piperidine rings is 1. The van der Waals surface area contributed by atoms with Crippen LogP contribution in [0.4, 0.5) is 0 Å². The van der Waals surface area contributed by atoms with Gasteiger partial charge in [-0.3, -0.25) is 0 Å². The van der Waals surface area contributed by atoms with Crippen molar-refractivity contribution in [2.24, 2.45) is 5.92 Å². The molecule has 1 fully saturated rings. The lowest BCUT2D eigenvalue weighted by molar-refractivity contribution is 0.237. The second-order valence-electron chi connectivity index (χ2n) is 4.82. The molecule has 15 heavy (non-hydrogen) atoms. The summed E-state index contributed by atoms with van der Waals surface area (Å²) < 4.78 is 0. The van der Waals surface area contributed by atoms with E-state index in [0.717, 1.165) is 19.5 Å². The van der Waals surface area contributed by atoms with Gasteiger partial charge in [0.05, 0.1) is 0 Å². The number of aromatic hydroxyl groups is 1. The van der Waals surface area contributed by atoms with Gasteiger partial charge in [-0.2, -0.15) is 0 Å². The third kappa shape index (κ3) is 1.86. The van der Waals surface area contributed by atoms with Gasteiger partial charge in [-0.1, -0.05) is 26.0 Å². The van der Waals surface area contributed by atoms with Crippen molar-refractivity contribution in [3.63, 3.8) is 0 Å². The Morgan fingerprint density at radius 3 is 2.93 bits per heavy atom. The van der Waals surface area contributed by atoms with Gasteiger partial charge in [-0.15, -0.1) is 0 Å². The van der Waals surface area contributed by atoms with Crippen LogP contribution in [0.5, 0.6) is 5.75 Å². The first-order chi connectivity index (χ1) is 7.13. The predicted molar refractivity (Wildman–Crippen MR) is 62.1 cm³/mol. The summed E-state index contributed by atoms with van der Waals surface area (Å²) in [5.74, 6) is 0.979. The molecule has 0 amide bonds. The molecule has 0 spiro atoms. The summed E-state index contributed by atoms with van der Waals surface area (Å²) in [6, 6.07) is 7.70. The molecule has 2 atom stereocenters. The first kappa shape index (κ1) is 10.5. The van der Waals surface area contributed by atoms with E-state index in [1.165, 1.54) is 5.56 Å². The molecule has 1 aliphatic heterocycles. The topological polar surface area (TPSA) is 32.3 Å². The highest BCUT2D eigenvalue weighted by Gasteiger charge is 2.35. The highest BCUT2D eigenvalue weighted by molar-refractivity contribution is 5.33. The van der Waals surface area contributed by atoms with Gasteiger partial charge in [0.1, 0.15) is 5.75 Å². The molecule has 82 valence electrons. The molecule has 0 aliphatic carbocycles. The molecular weight excluding hydrogens is 186 g/mol. The smallest absolute Gasteiger partial charge is 0.115 e. The van der Waals surface area contributed by atoms with Crippen LogP contribution >= 0.6 is 0 Å². The molecule has 1 heterocycles. The van der Waals surface area contributed by atoms with E-state index in [0.29, 0.717) is 11.7 Å². The number of benzene rings is 1. The molecule has 1 aromatic rings. The lowest BCUT2D eigenvalue weighted by Crippen LogP contribution is -2.44. The summed E-state index contributed by atoms with van der Waals surface area (Å²) >= 11 is 0. The summed E-state index contributed by atoms with van der Waals surface area (Å²) in [6.45, 7) is 6.70. The fraction of sp³-hybridized carbons (Fsp3) is 0.538. The third-order valence-corrected chi connectivity index (χ3v) is 3.86. The Morgan fingerprint density at radius 1 is 1.47 bits per heavy atom. The zero-order chi connectivity index (χ0) is 10.9. The molecule has 0 unspecified atom stereocenters. The molecule has 0 radical (unpaired) electrons. The Kier molecular flexibility index (Phi) is 2.70. The maximum Gasteiger partial charge on any atom is 0.115 e. The Balaban J connectivity index is 2.34. The van der Waals surface area contributed by atoms with Crippen molar-refractivity contribution in [1.29, 1.82) is 0 Å². The Labute approximate surface area is 91.3 Å². The number of rotatable bonds is 1. The van der Waals surface area contributed by atoms with Crippen molar-refractivity contribution in [2.45, 2.75) is 25.7 Å². The van der Waals surface area contributed by atoms with Gasteiger partial charge in [0.2, 0.25) is 0 Å². The molecule has 1 aliphatic rings. The second-order valence-corrected chi connectivity index (χ2v) is 4.82. The summed E-state index contributed by atoms with van der Waals surface area (Å²) in [7, 11) is 0. The van der Waals surface area contributed by atoms with E-state index >= 15 is 0 Å². The zero-order valence-electron chi connectivity index (χ0n) is 9.46.